The smallest absolute Gasteiger partial charge is 0.119 e. The van der Waals surface area contributed by atoms with E-state index < -0.39 is 0 Å². The molecule has 1 heterocycles. The van der Waals surface area contributed by atoms with E-state index in [2.05, 4.69) is 53.4 Å². The van der Waals surface area contributed by atoms with Crippen molar-refractivity contribution in [2.45, 2.75) is 38.5 Å². The average molecular weight is 379 g/mol. The van der Waals surface area contributed by atoms with Gasteiger partial charge in [-0.2, -0.15) is 0 Å². The Kier molecular flexibility index (Phi) is 5.40. The lowest BCUT2D eigenvalue weighted by atomic mass is 9.70. The fraction of sp³-hybridized carbons (Fsp3) is 0.458. The van der Waals surface area contributed by atoms with E-state index in [1.165, 1.54) is 24.0 Å². The van der Waals surface area contributed by atoms with Crippen molar-refractivity contribution < 1.29 is 9.94 Å². The van der Waals surface area contributed by atoms with Gasteiger partial charge in [-0.25, -0.2) is 0 Å². The topological polar surface area (TPSA) is 45.1 Å². The van der Waals surface area contributed by atoms with Crippen LogP contribution in [-0.2, 0) is 6.42 Å². The minimum Gasteiger partial charge on any atom is -0.497 e. The SMILES string of the molecule is COc1ccc2c(c1)CCC(C)(CN1CCC(c3ccccc3)CC1)/C2=N/O. The summed E-state index contributed by atoms with van der Waals surface area (Å²) in [6, 6.07) is 17.0. The van der Waals surface area contributed by atoms with Crippen LogP contribution in [-0.4, -0.2) is 42.6 Å². The molecule has 1 saturated heterocycles. The second-order valence-electron chi connectivity index (χ2n) is 8.49. The molecule has 1 aliphatic carbocycles. The van der Waals surface area contributed by atoms with Gasteiger partial charge in [0.15, 0.2) is 0 Å². The van der Waals surface area contributed by atoms with E-state index in [4.69, 9.17) is 4.74 Å². The van der Waals surface area contributed by atoms with Crippen LogP contribution in [0.4, 0.5) is 0 Å². The van der Waals surface area contributed by atoms with Crippen molar-refractivity contribution in [2.75, 3.05) is 26.7 Å². The maximum Gasteiger partial charge on any atom is 0.119 e. The van der Waals surface area contributed by atoms with E-state index in [-0.39, 0.29) is 5.41 Å². The van der Waals surface area contributed by atoms with Gasteiger partial charge in [-0.3, -0.25) is 0 Å². The third-order valence-electron chi connectivity index (χ3n) is 6.62. The van der Waals surface area contributed by atoms with Crippen molar-refractivity contribution >= 4 is 5.71 Å². The zero-order valence-corrected chi connectivity index (χ0v) is 16.9. The quantitative estimate of drug-likeness (QED) is 0.619. The number of hydrogen-bond donors (Lipinski definition) is 1. The van der Waals surface area contributed by atoms with E-state index in [0.717, 1.165) is 49.5 Å². The van der Waals surface area contributed by atoms with Crippen molar-refractivity contribution in [1.82, 2.24) is 4.90 Å². The zero-order valence-electron chi connectivity index (χ0n) is 16.9. The number of benzene rings is 2. The molecule has 2 aliphatic rings. The summed E-state index contributed by atoms with van der Waals surface area (Å²) in [5, 5.41) is 13.6. The average Bonchev–Trinajstić information content (AvgIpc) is 2.74. The highest BCUT2D eigenvalue weighted by atomic mass is 16.5. The number of aryl methyl sites for hydroxylation is 1. The predicted molar refractivity (Wildman–Crippen MR) is 113 cm³/mol. The van der Waals surface area contributed by atoms with Gasteiger partial charge in [-0.1, -0.05) is 42.4 Å². The highest BCUT2D eigenvalue weighted by Crippen LogP contribution is 2.39. The number of piperidine rings is 1. The summed E-state index contributed by atoms with van der Waals surface area (Å²) < 4.78 is 5.36. The number of fused-ring (bicyclic) bond motifs is 1. The standard InChI is InChI=1S/C24H30N2O2/c1-24(13-10-20-16-21(28-2)8-9-22(20)23(24)25-27)17-26-14-11-19(12-15-26)18-6-4-3-5-7-18/h3-9,16,19,27H,10-15,17H2,1-2H3/b25-23+. The Morgan fingerprint density at radius 1 is 1.14 bits per heavy atom. The van der Waals surface area contributed by atoms with E-state index in [9.17, 15) is 5.21 Å². The lowest BCUT2D eigenvalue weighted by Crippen LogP contribution is -2.46. The highest BCUT2D eigenvalue weighted by Gasteiger charge is 2.39. The molecule has 1 atom stereocenters. The Morgan fingerprint density at radius 2 is 1.89 bits per heavy atom. The molecule has 0 saturated carbocycles. The summed E-state index contributed by atoms with van der Waals surface area (Å²) in [6.45, 7) is 5.39. The first kappa shape index (κ1) is 19.0. The first-order valence-corrected chi connectivity index (χ1v) is 10.3. The van der Waals surface area contributed by atoms with Crippen LogP contribution in [0.2, 0.25) is 0 Å². The van der Waals surface area contributed by atoms with Gasteiger partial charge >= 0.3 is 0 Å². The van der Waals surface area contributed by atoms with Gasteiger partial charge in [-0.15, -0.1) is 0 Å². The lowest BCUT2D eigenvalue weighted by molar-refractivity contribution is 0.159. The molecule has 4 rings (SSSR count). The van der Waals surface area contributed by atoms with E-state index in [0.29, 0.717) is 5.92 Å². The molecule has 148 valence electrons. The number of ether oxygens (including phenoxy) is 1. The Labute approximate surface area is 167 Å². The molecule has 0 spiro atoms. The fourth-order valence-electron chi connectivity index (χ4n) is 4.96. The summed E-state index contributed by atoms with van der Waals surface area (Å²) >= 11 is 0. The van der Waals surface area contributed by atoms with Crippen LogP contribution in [0.15, 0.2) is 53.7 Å². The van der Waals surface area contributed by atoms with Crippen molar-refractivity contribution in [2.24, 2.45) is 10.6 Å². The summed E-state index contributed by atoms with van der Waals surface area (Å²) in [7, 11) is 1.69. The summed E-state index contributed by atoms with van der Waals surface area (Å²) in [5.74, 6) is 1.53. The molecule has 0 amide bonds. The maximum atomic E-state index is 9.86. The fourth-order valence-corrected chi connectivity index (χ4v) is 4.96. The Hall–Kier alpha value is -2.33. The van der Waals surface area contributed by atoms with Gasteiger partial charge in [0.05, 0.1) is 12.8 Å². The molecule has 0 bridgehead atoms. The third-order valence-corrected chi connectivity index (χ3v) is 6.62. The number of oxime groups is 1. The molecule has 1 unspecified atom stereocenters. The third kappa shape index (κ3) is 3.66. The van der Waals surface area contributed by atoms with Crippen molar-refractivity contribution in [3.8, 4) is 5.75 Å². The normalized spacial score (nSPS) is 24.9. The summed E-state index contributed by atoms with van der Waals surface area (Å²) in [5.41, 5.74) is 4.44. The van der Waals surface area contributed by atoms with Gasteiger partial charge in [0.1, 0.15) is 5.75 Å². The Morgan fingerprint density at radius 3 is 2.57 bits per heavy atom. The van der Waals surface area contributed by atoms with Crippen molar-refractivity contribution in [3.05, 3.63) is 65.2 Å². The van der Waals surface area contributed by atoms with Crippen LogP contribution in [0.3, 0.4) is 0 Å². The van der Waals surface area contributed by atoms with Crippen LogP contribution in [0.5, 0.6) is 5.75 Å². The molecule has 4 heteroatoms. The largest absolute Gasteiger partial charge is 0.497 e. The molecule has 1 aliphatic heterocycles. The summed E-state index contributed by atoms with van der Waals surface area (Å²) in [4.78, 5) is 2.55. The second-order valence-corrected chi connectivity index (χ2v) is 8.49. The summed E-state index contributed by atoms with van der Waals surface area (Å²) in [6.07, 6.45) is 4.37. The first-order chi connectivity index (χ1) is 13.6. The van der Waals surface area contributed by atoms with Gasteiger partial charge in [0.2, 0.25) is 0 Å². The minimum absolute atomic E-state index is 0.129. The van der Waals surface area contributed by atoms with Gasteiger partial charge < -0.3 is 14.8 Å². The Bertz CT molecular complexity index is 841. The molecule has 2 aromatic carbocycles. The van der Waals surface area contributed by atoms with Crippen LogP contribution in [0.25, 0.3) is 0 Å². The van der Waals surface area contributed by atoms with Crippen molar-refractivity contribution in [3.63, 3.8) is 0 Å². The first-order valence-electron chi connectivity index (χ1n) is 10.3. The van der Waals surface area contributed by atoms with Gasteiger partial charge in [0.25, 0.3) is 0 Å². The van der Waals surface area contributed by atoms with Crippen LogP contribution < -0.4 is 4.74 Å². The van der Waals surface area contributed by atoms with E-state index >= 15 is 0 Å². The maximum absolute atomic E-state index is 9.86. The molecule has 0 aromatic heterocycles. The molecule has 1 N–H and O–H groups in total. The van der Waals surface area contributed by atoms with Crippen LogP contribution in [0, 0.1) is 5.41 Å². The van der Waals surface area contributed by atoms with Crippen molar-refractivity contribution in [1.29, 1.82) is 0 Å². The lowest BCUT2D eigenvalue weighted by Gasteiger charge is -2.42. The Balaban J connectivity index is 1.46. The van der Waals surface area contributed by atoms with E-state index in [1.807, 2.05) is 12.1 Å². The number of nitrogens with zero attached hydrogens (tertiary/aromatic N) is 2. The molecule has 2 aromatic rings. The molecule has 1 fully saturated rings. The van der Waals surface area contributed by atoms with Gasteiger partial charge in [-0.05, 0) is 74.0 Å². The second kappa shape index (κ2) is 7.96. The number of methoxy groups -OCH3 is 1. The minimum atomic E-state index is -0.129. The predicted octanol–water partition coefficient (Wildman–Crippen LogP) is 4.71. The molecular weight excluding hydrogens is 348 g/mol. The zero-order chi connectivity index (χ0) is 19.6. The monoisotopic (exact) mass is 378 g/mol. The molecule has 4 nitrogen and oxygen atoms in total. The molecule has 0 radical (unpaired) electrons. The molecule has 28 heavy (non-hydrogen) atoms. The highest BCUT2D eigenvalue weighted by molar-refractivity contribution is 6.06. The number of hydrogen-bond acceptors (Lipinski definition) is 4. The van der Waals surface area contributed by atoms with Crippen LogP contribution >= 0.6 is 0 Å². The number of rotatable bonds is 4. The van der Waals surface area contributed by atoms with Gasteiger partial charge in [0, 0.05) is 17.5 Å². The van der Waals surface area contributed by atoms with Crippen LogP contribution in [0.1, 0.15) is 48.8 Å². The van der Waals surface area contributed by atoms with E-state index in [1.54, 1.807) is 7.11 Å². The molecular formula is C24H30N2O2. The number of likely N-dealkylation sites (tertiary alicyclic amines) is 1.